The predicted octanol–water partition coefficient (Wildman–Crippen LogP) is 3.15. The Morgan fingerprint density at radius 2 is 2.33 bits per heavy atom. The molecule has 1 aliphatic rings. The molecule has 128 valence electrons. The molecule has 1 atom stereocenters. The zero-order valence-electron chi connectivity index (χ0n) is 14.2. The lowest BCUT2D eigenvalue weighted by Crippen LogP contribution is -2.33. The van der Waals surface area contributed by atoms with Gasteiger partial charge < -0.3 is 4.90 Å². The van der Waals surface area contributed by atoms with Crippen LogP contribution < -0.4 is 5.32 Å². The molecule has 0 unspecified atom stereocenters. The van der Waals surface area contributed by atoms with E-state index in [1.807, 2.05) is 0 Å². The van der Waals surface area contributed by atoms with Crippen molar-refractivity contribution in [1.29, 1.82) is 0 Å². The Kier molecular flexibility index (Phi) is 5.40. The minimum Gasteiger partial charge on any atom is -0.327 e. The summed E-state index contributed by atoms with van der Waals surface area (Å²) in [6, 6.07) is -0.128. The maximum Gasteiger partial charge on any atom is 0.323 e. The van der Waals surface area contributed by atoms with E-state index in [1.165, 1.54) is 23.4 Å². The largest absolute Gasteiger partial charge is 0.327 e. The second-order valence-electron chi connectivity index (χ2n) is 6.20. The van der Waals surface area contributed by atoms with Crippen LogP contribution in [0.3, 0.4) is 0 Å². The number of nitrogens with zero attached hydrogens (tertiary/aromatic N) is 4. The van der Waals surface area contributed by atoms with Gasteiger partial charge in [-0.1, -0.05) is 13.3 Å². The monoisotopic (exact) mass is 345 g/mol. The first-order valence-electron chi connectivity index (χ1n) is 8.41. The highest BCUT2D eigenvalue weighted by atomic mass is 32.1. The summed E-state index contributed by atoms with van der Waals surface area (Å²) in [5.41, 5.74) is 2.05. The van der Waals surface area contributed by atoms with Crippen LogP contribution in [0.1, 0.15) is 36.0 Å². The van der Waals surface area contributed by atoms with E-state index in [4.69, 9.17) is 0 Å². The molecule has 0 saturated heterocycles. The lowest BCUT2D eigenvalue weighted by molar-refractivity contribution is 0.223. The van der Waals surface area contributed by atoms with Crippen LogP contribution in [-0.2, 0) is 19.3 Å². The number of aromatic nitrogens is 3. The Balaban J connectivity index is 1.54. The molecule has 2 aromatic rings. The summed E-state index contributed by atoms with van der Waals surface area (Å²) in [5, 5.41) is 3.64. The van der Waals surface area contributed by atoms with Crippen LogP contribution in [0.5, 0.6) is 0 Å². The van der Waals surface area contributed by atoms with Crippen LogP contribution in [-0.4, -0.2) is 39.5 Å². The van der Waals surface area contributed by atoms with Crippen LogP contribution in [0.4, 0.5) is 9.93 Å². The van der Waals surface area contributed by atoms with E-state index in [9.17, 15) is 4.79 Å². The molecular weight excluding hydrogens is 322 g/mol. The molecule has 0 radical (unpaired) electrons. The highest BCUT2D eigenvalue weighted by Gasteiger charge is 2.22. The van der Waals surface area contributed by atoms with Gasteiger partial charge >= 0.3 is 6.03 Å². The number of amides is 2. The minimum atomic E-state index is -0.128. The maximum absolute atomic E-state index is 12.3. The topological polar surface area (TPSA) is 71.0 Å². The van der Waals surface area contributed by atoms with E-state index in [2.05, 4.69) is 27.2 Å². The first-order chi connectivity index (χ1) is 11.7. The smallest absolute Gasteiger partial charge is 0.323 e. The van der Waals surface area contributed by atoms with Crippen molar-refractivity contribution in [2.24, 2.45) is 5.92 Å². The number of thiazole rings is 1. The van der Waals surface area contributed by atoms with E-state index in [0.717, 1.165) is 24.5 Å². The Hall–Kier alpha value is -2.02. The van der Waals surface area contributed by atoms with Crippen molar-refractivity contribution >= 4 is 22.5 Å². The molecule has 2 amide bonds. The highest BCUT2D eigenvalue weighted by molar-refractivity contribution is 7.15. The maximum atomic E-state index is 12.3. The van der Waals surface area contributed by atoms with Gasteiger partial charge in [-0.05, 0) is 25.2 Å². The number of aryl methyl sites for hydroxylation is 1. The highest BCUT2D eigenvalue weighted by Crippen LogP contribution is 2.33. The average molecular weight is 345 g/mol. The summed E-state index contributed by atoms with van der Waals surface area (Å²) in [5.74, 6) is 0.760. The van der Waals surface area contributed by atoms with E-state index >= 15 is 0 Å². The lowest BCUT2D eigenvalue weighted by Gasteiger charge is -2.18. The molecule has 1 aliphatic carbocycles. The van der Waals surface area contributed by atoms with Crippen LogP contribution in [0.2, 0.25) is 0 Å². The number of fused-ring (bicyclic) bond motifs is 1. The third kappa shape index (κ3) is 4.08. The molecule has 3 rings (SSSR count). The number of rotatable bonds is 5. The minimum absolute atomic E-state index is 0.128. The summed E-state index contributed by atoms with van der Waals surface area (Å²) < 4.78 is 0. The van der Waals surface area contributed by atoms with Crippen molar-refractivity contribution in [3.63, 3.8) is 0 Å². The van der Waals surface area contributed by atoms with Gasteiger partial charge in [-0.2, -0.15) is 0 Å². The molecule has 0 saturated carbocycles. The van der Waals surface area contributed by atoms with Crippen molar-refractivity contribution in [3.8, 4) is 0 Å². The molecule has 2 heterocycles. The molecule has 0 aliphatic heterocycles. The van der Waals surface area contributed by atoms with E-state index in [1.54, 1.807) is 41.9 Å². The normalized spacial score (nSPS) is 16.5. The molecule has 0 spiro atoms. The molecule has 6 nitrogen and oxygen atoms in total. The van der Waals surface area contributed by atoms with Crippen LogP contribution in [0.15, 0.2) is 18.6 Å². The van der Waals surface area contributed by atoms with Gasteiger partial charge in [0.2, 0.25) is 0 Å². The van der Waals surface area contributed by atoms with Gasteiger partial charge in [0.15, 0.2) is 5.13 Å². The third-order valence-electron chi connectivity index (χ3n) is 4.50. The zero-order chi connectivity index (χ0) is 16.9. The zero-order valence-corrected chi connectivity index (χ0v) is 15.0. The Labute approximate surface area is 146 Å². The third-order valence-corrected chi connectivity index (χ3v) is 5.54. The Morgan fingerprint density at radius 1 is 1.46 bits per heavy atom. The first kappa shape index (κ1) is 16.8. The molecule has 7 heteroatoms. The Bertz CT molecular complexity index is 688. The standard InChI is InChI=1S/C17H23N5OS/c1-3-12-4-5-14-15(10-12)24-16(20-14)21-17(23)22(2)9-6-13-11-18-7-8-19-13/h7-8,11-12H,3-6,9-10H2,1-2H3,(H,20,21,23)/t12-/m1/s1. The number of hydrogen-bond donors (Lipinski definition) is 1. The van der Waals surface area contributed by atoms with Crippen molar-refractivity contribution < 1.29 is 4.79 Å². The quantitative estimate of drug-likeness (QED) is 0.903. The fraction of sp³-hybridized carbons (Fsp3) is 0.529. The molecule has 0 fully saturated rings. The van der Waals surface area contributed by atoms with Crippen LogP contribution in [0, 0.1) is 5.92 Å². The first-order valence-corrected chi connectivity index (χ1v) is 9.23. The van der Waals surface area contributed by atoms with E-state index in [-0.39, 0.29) is 6.03 Å². The molecular formula is C17H23N5OS. The number of hydrogen-bond acceptors (Lipinski definition) is 5. The van der Waals surface area contributed by atoms with Gasteiger partial charge in [-0.15, -0.1) is 11.3 Å². The van der Waals surface area contributed by atoms with Crippen LogP contribution >= 0.6 is 11.3 Å². The van der Waals surface area contributed by atoms with Gasteiger partial charge in [-0.3, -0.25) is 15.3 Å². The fourth-order valence-corrected chi connectivity index (χ4v) is 3.99. The molecule has 1 N–H and O–H groups in total. The number of urea groups is 1. The number of likely N-dealkylation sites (N-methyl/N-ethyl adjacent to an activating group) is 1. The predicted molar refractivity (Wildman–Crippen MR) is 95.3 cm³/mol. The molecule has 0 bridgehead atoms. The number of carbonyl (C=O) groups is 1. The SMILES string of the molecule is CC[C@@H]1CCc2nc(NC(=O)N(C)CCc3cnccn3)sc2C1. The summed E-state index contributed by atoms with van der Waals surface area (Å²) in [7, 11) is 1.78. The second-order valence-corrected chi connectivity index (χ2v) is 7.29. The Morgan fingerprint density at radius 3 is 3.08 bits per heavy atom. The van der Waals surface area contributed by atoms with E-state index < -0.39 is 0 Å². The van der Waals surface area contributed by atoms with Crippen molar-refractivity contribution in [3.05, 3.63) is 34.9 Å². The summed E-state index contributed by atoms with van der Waals surface area (Å²) in [4.78, 5) is 28.2. The van der Waals surface area contributed by atoms with Crippen molar-refractivity contribution in [1.82, 2.24) is 19.9 Å². The van der Waals surface area contributed by atoms with Crippen molar-refractivity contribution in [2.45, 2.75) is 39.0 Å². The summed E-state index contributed by atoms with van der Waals surface area (Å²) in [6.07, 6.45) is 10.3. The van der Waals surface area contributed by atoms with Gasteiger partial charge in [0.05, 0.1) is 11.4 Å². The van der Waals surface area contributed by atoms with Gasteiger partial charge in [0, 0.05) is 43.5 Å². The summed E-state index contributed by atoms with van der Waals surface area (Å²) in [6.45, 7) is 2.83. The van der Waals surface area contributed by atoms with Gasteiger partial charge in [-0.25, -0.2) is 9.78 Å². The van der Waals surface area contributed by atoms with Gasteiger partial charge in [0.25, 0.3) is 0 Å². The average Bonchev–Trinajstić information content (AvgIpc) is 3.01. The van der Waals surface area contributed by atoms with E-state index in [0.29, 0.717) is 18.1 Å². The molecule has 2 aromatic heterocycles. The number of anilines is 1. The lowest BCUT2D eigenvalue weighted by atomic mass is 9.89. The molecule has 0 aromatic carbocycles. The number of carbonyl (C=O) groups excluding carboxylic acids is 1. The van der Waals surface area contributed by atoms with Gasteiger partial charge in [0.1, 0.15) is 0 Å². The fourth-order valence-electron chi connectivity index (χ4n) is 2.87. The summed E-state index contributed by atoms with van der Waals surface area (Å²) >= 11 is 1.62. The van der Waals surface area contributed by atoms with Crippen molar-refractivity contribution in [2.75, 3.05) is 18.9 Å². The number of nitrogens with one attached hydrogen (secondary N) is 1. The second kappa shape index (κ2) is 7.70. The van der Waals surface area contributed by atoms with Crippen LogP contribution in [0.25, 0.3) is 0 Å². The molecule has 24 heavy (non-hydrogen) atoms.